The average molecular weight is 330 g/mol. The van der Waals surface area contributed by atoms with Gasteiger partial charge in [-0.2, -0.15) is 13.2 Å². The summed E-state index contributed by atoms with van der Waals surface area (Å²) in [6.45, 7) is 0.304. The van der Waals surface area contributed by atoms with Crippen molar-refractivity contribution < 1.29 is 27.6 Å². The minimum absolute atomic E-state index is 0.152. The third kappa shape index (κ3) is 3.52. The first-order chi connectivity index (χ1) is 10.9. The number of piperidine rings is 1. The molecule has 124 valence electrons. The van der Waals surface area contributed by atoms with Gasteiger partial charge in [0.2, 0.25) is 0 Å². The summed E-state index contributed by atoms with van der Waals surface area (Å²) in [5.74, 6) is -2.21. The predicted molar refractivity (Wildman–Crippen MR) is 70.9 cm³/mol. The second-order valence-electron chi connectivity index (χ2n) is 5.06. The largest absolute Gasteiger partial charge is 0.492 e. The van der Waals surface area contributed by atoms with Crippen molar-refractivity contribution in [3.05, 3.63) is 24.3 Å². The molecule has 7 nitrogen and oxygen atoms in total. The van der Waals surface area contributed by atoms with Crippen molar-refractivity contribution in [3.8, 4) is 0 Å². The van der Waals surface area contributed by atoms with Crippen LogP contribution in [0, 0.1) is 0 Å². The number of carbonyl (C=O) groups excluding carboxylic acids is 1. The van der Waals surface area contributed by atoms with Crippen LogP contribution in [0.2, 0.25) is 0 Å². The fourth-order valence-electron chi connectivity index (χ4n) is 2.26. The van der Waals surface area contributed by atoms with Gasteiger partial charge in [-0.25, -0.2) is 4.79 Å². The quantitative estimate of drug-likeness (QED) is 0.846. The first kappa shape index (κ1) is 15.5. The van der Waals surface area contributed by atoms with Crippen molar-refractivity contribution in [1.29, 1.82) is 0 Å². The van der Waals surface area contributed by atoms with Crippen molar-refractivity contribution >= 4 is 17.0 Å². The van der Waals surface area contributed by atoms with E-state index in [0.717, 1.165) is 5.06 Å². The fourth-order valence-corrected chi connectivity index (χ4v) is 2.26. The van der Waals surface area contributed by atoms with Crippen LogP contribution in [0.15, 0.2) is 24.3 Å². The lowest BCUT2D eigenvalue weighted by Crippen LogP contribution is -2.43. The van der Waals surface area contributed by atoms with Gasteiger partial charge >= 0.3 is 12.1 Å². The van der Waals surface area contributed by atoms with E-state index in [2.05, 4.69) is 15.1 Å². The third-order valence-electron chi connectivity index (χ3n) is 3.41. The molecule has 1 fully saturated rings. The van der Waals surface area contributed by atoms with Crippen LogP contribution in [-0.2, 0) is 9.63 Å². The molecule has 0 amide bonds. The van der Waals surface area contributed by atoms with E-state index in [1.165, 1.54) is 4.85 Å². The summed E-state index contributed by atoms with van der Waals surface area (Å²) in [6.07, 6.45) is -4.44. The van der Waals surface area contributed by atoms with Crippen LogP contribution in [-0.4, -0.2) is 51.6 Å². The summed E-state index contributed by atoms with van der Waals surface area (Å²) < 4.78 is 36.4. The maximum Gasteiger partial charge on any atom is 0.492 e. The number of benzene rings is 1. The number of hydrogen-bond acceptors (Lipinski definition) is 6. The Morgan fingerprint density at radius 3 is 2.61 bits per heavy atom. The molecule has 3 rings (SSSR count). The zero-order valence-corrected chi connectivity index (χ0v) is 11.9. The lowest BCUT2D eigenvalue weighted by Gasteiger charge is -2.30. The molecule has 23 heavy (non-hydrogen) atoms. The molecule has 0 unspecified atom stereocenters. The van der Waals surface area contributed by atoms with Crippen molar-refractivity contribution in [1.82, 2.24) is 20.2 Å². The molecule has 0 bridgehead atoms. The average Bonchev–Trinajstić information content (AvgIpc) is 2.92. The number of para-hydroxylation sites is 1. The number of halogens is 3. The molecule has 0 N–H and O–H groups in total. The van der Waals surface area contributed by atoms with E-state index in [4.69, 9.17) is 4.84 Å². The van der Waals surface area contributed by atoms with E-state index in [9.17, 15) is 18.0 Å². The predicted octanol–water partition coefficient (Wildman–Crippen LogP) is 1.34. The highest BCUT2D eigenvalue weighted by molar-refractivity contribution is 5.75. The Balaban J connectivity index is 1.54. The molecule has 10 heteroatoms. The SMILES string of the molecule is O=C(ON1CCC(On2nnc3ccccc32)CC1)C(F)(F)F. The van der Waals surface area contributed by atoms with E-state index in [0.29, 0.717) is 23.9 Å². The standard InChI is InChI=1S/C13H13F3N4O3/c14-13(15,16)12(21)23-19-7-5-9(6-8-19)22-20-11-4-2-1-3-10(11)17-18-20/h1-4,9H,5-8H2. The molecular weight excluding hydrogens is 317 g/mol. The van der Waals surface area contributed by atoms with Gasteiger partial charge in [0.15, 0.2) is 0 Å². The first-order valence-corrected chi connectivity index (χ1v) is 6.95. The third-order valence-corrected chi connectivity index (χ3v) is 3.41. The Labute approximate surface area is 128 Å². The van der Waals surface area contributed by atoms with E-state index in [-0.39, 0.29) is 19.2 Å². The molecule has 1 saturated heterocycles. The summed E-state index contributed by atoms with van der Waals surface area (Å²) in [5.41, 5.74) is 1.39. The lowest BCUT2D eigenvalue weighted by molar-refractivity contribution is -0.244. The second kappa shape index (κ2) is 6.03. The summed E-state index contributed by atoms with van der Waals surface area (Å²) in [7, 11) is 0. The van der Waals surface area contributed by atoms with Crippen molar-refractivity contribution in [2.24, 2.45) is 0 Å². The number of fused-ring (bicyclic) bond motifs is 1. The number of nitrogens with zero attached hydrogens (tertiary/aromatic N) is 4. The molecule has 0 atom stereocenters. The second-order valence-corrected chi connectivity index (χ2v) is 5.06. The number of hydroxylamine groups is 2. The molecule has 0 aliphatic carbocycles. The molecule has 1 aromatic heterocycles. The minimum Gasteiger partial charge on any atom is -0.392 e. The normalized spacial score (nSPS) is 17.3. The lowest BCUT2D eigenvalue weighted by atomic mass is 10.1. The highest BCUT2D eigenvalue weighted by Crippen LogP contribution is 2.20. The Morgan fingerprint density at radius 2 is 1.91 bits per heavy atom. The Bertz CT molecular complexity index is 695. The molecule has 0 spiro atoms. The van der Waals surface area contributed by atoms with Crippen LogP contribution in [0.1, 0.15) is 12.8 Å². The number of hydrogen-bond donors (Lipinski definition) is 0. The molecular formula is C13H13F3N4O3. The van der Waals surface area contributed by atoms with Crippen LogP contribution in [0.3, 0.4) is 0 Å². The smallest absolute Gasteiger partial charge is 0.392 e. The maximum absolute atomic E-state index is 12.1. The number of aromatic nitrogens is 3. The van der Waals surface area contributed by atoms with Crippen molar-refractivity contribution in [3.63, 3.8) is 0 Å². The summed E-state index contributed by atoms with van der Waals surface area (Å²) in [6, 6.07) is 7.25. The fraction of sp³-hybridized carbons (Fsp3) is 0.462. The van der Waals surface area contributed by atoms with Gasteiger partial charge in [-0.15, -0.1) is 10.2 Å². The molecule has 0 radical (unpaired) electrons. The van der Waals surface area contributed by atoms with E-state index < -0.39 is 12.1 Å². The summed E-state index contributed by atoms with van der Waals surface area (Å²) in [4.78, 5) is 22.0. The van der Waals surface area contributed by atoms with Crippen LogP contribution >= 0.6 is 0 Å². The van der Waals surface area contributed by atoms with Gasteiger partial charge in [-0.3, -0.25) is 0 Å². The van der Waals surface area contributed by atoms with E-state index >= 15 is 0 Å². The monoisotopic (exact) mass is 330 g/mol. The minimum atomic E-state index is -4.99. The van der Waals surface area contributed by atoms with Crippen molar-refractivity contribution in [2.45, 2.75) is 25.1 Å². The highest BCUT2D eigenvalue weighted by Gasteiger charge is 2.43. The number of alkyl halides is 3. The zero-order chi connectivity index (χ0) is 16.4. The van der Waals surface area contributed by atoms with Gasteiger partial charge < -0.3 is 9.68 Å². The van der Waals surface area contributed by atoms with Gasteiger partial charge in [-0.1, -0.05) is 17.0 Å². The molecule has 0 saturated carbocycles. The van der Waals surface area contributed by atoms with Crippen molar-refractivity contribution in [2.75, 3.05) is 13.1 Å². The molecule has 1 aliphatic rings. The molecule has 1 aliphatic heterocycles. The Hall–Kier alpha value is -2.36. The van der Waals surface area contributed by atoms with Gasteiger partial charge in [0, 0.05) is 25.9 Å². The van der Waals surface area contributed by atoms with Gasteiger partial charge in [-0.05, 0) is 17.3 Å². The first-order valence-electron chi connectivity index (χ1n) is 6.95. The molecule has 1 aromatic carbocycles. The topological polar surface area (TPSA) is 69.5 Å². The van der Waals surface area contributed by atoms with Gasteiger partial charge in [0.25, 0.3) is 0 Å². The van der Waals surface area contributed by atoms with E-state index in [1.807, 2.05) is 12.1 Å². The Kier molecular flexibility index (Phi) is 4.07. The maximum atomic E-state index is 12.1. The Morgan fingerprint density at radius 1 is 1.22 bits per heavy atom. The summed E-state index contributed by atoms with van der Waals surface area (Å²) >= 11 is 0. The number of rotatable bonds is 3. The molecule has 2 aromatic rings. The number of carbonyl (C=O) groups is 1. The van der Waals surface area contributed by atoms with Gasteiger partial charge in [0.05, 0.1) is 0 Å². The van der Waals surface area contributed by atoms with Crippen LogP contribution in [0.25, 0.3) is 11.0 Å². The summed E-state index contributed by atoms with van der Waals surface area (Å²) in [5, 5.41) is 8.83. The zero-order valence-electron chi connectivity index (χ0n) is 11.9. The van der Waals surface area contributed by atoms with Crippen LogP contribution < -0.4 is 4.84 Å². The van der Waals surface area contributed by atoms with Gasteiger partial charge in [0.1, 0.15) is 17.1 Å². The highest BCUT2D eigenvalue weighted by atomic mass is 19.4. The van der Waals surface area contributed by atoms with E-state index in [1.54, 1.807) is 12.1 Å². The van der Waals surface area contributed by atoms with Crippen LogP contribution in [0.5, 0.6) is 0 Å². The molecule has 2 heterocycles. The van der Waals surface area contributed by atoms with Crippen LogP contribution in [0.4, 0.5) is 13.2 Å².